The van der Waals surface area contributed by atoms with Crippen LogP contribution in [0.25, 0.3) is 11.4 Å². The summed E-state index contributed by atoms with van der Waals surface area (Å²) in [5, 5.41) is 7.99. The fourth-order valence-corrected chi connectivity index (χ4v) is 2.13. The van der Waals surface area contributed by atoms with Gasteiger partial charge in [-0.15, -0.1) is 0 Å². The highest BCUT2D eigenvalue weighted by Gasteiger charge is 2.28. The predicted molar refractivity (Wildman–Crippen MR) is 69.5 cm³/mol. The molecule has 2 heterocycles. The minimum Gasteiger partial charge on any atom is -0.339 e. The first-order chi connectivity index (χ1) is 8.74. The van der Waals surface area contributed by atoms with Gasteiger partial charge in [0.15, 0.2) is 0 Å². The standard InChI is InChI=1S/C13H14ClN3O/c1-8(10-6-15-7-10)13-16-12(17-18-13)9-2-4-11(14)5-3-9/h2-5,8,10,15H,6-7H2,1H3. The minimum absolute atomic E-state index is 0.305. The molecule has 94 valence electrons. The first kappa shape index (κ1) is 11.7. The van der Waals surface area contributed by atoms with Crippen LogP contribution >= 0.6 is 11.6 Å². The van der Waals surface area contributed by atoms with E-state index in [4.69, 9.17) is 16.1 Å². The van der Waals surface area contributed by atoms with Gasteiger partial charge in [-0.05, 0) is 43.3 Å². The summed E-state index contributed by atoms with van der Waals surface area (Å²) in [4.78, 5) is 4.46. The molecule has 1 aliphatic rings. The summed E-state index contributed by atoms with van der Waals surface area (Å²) >= 11 is 5.85. The summed E-state index contributed by atoms with van der Waals surface area (Å²) in [5.74, 6) is 2.25. The van der Waals surface area contributed by atoms with E-state index in [1.54, 1.807) is 0 Å². The van der Waals surface area contributed by atoms with E-state index in [-0.39, 0.29) is 0 Å². The first-order valence-electron chi connectivity index (χ1n) is 6.04. The van der Waals surface area contributed by atoms with Gasteiger partial charge in [-0.1, -0.05) is 23.7 Å². The molecule has 1 N–H and O–H groups in total. The highest BCUT2D eigenvalue weighted by Crippen LogP contribution is 2.27. The monoisotopic (exact) mass is 263 g/mol. The molecule has 1 aromatic carbocycles. The molecule has 18 heavy (non-hydrogen) atoms. The van der Waals surface area contributed by atoms with Crippen molar-refractivity contribution in [2.24, 2.45) is 5.92 Å². The van der Waals surface area contributed by atoms with Gasteiger partial charge in [0.25, 0.3) is 0 Å². The van der Waals surface area contributed by atoms with Gasteiger partial charge in [0.05, 0.1) is 0 Å². The molecule has 1 atom stereocenters. The Balaban J connectivity index is 1.82. The average molecular weight is 264 g/mol. The van der Waals surface area contributed by atoms with Gasteiger partial charge < -0.3 is 9.84 Å². The zero-order valence-corrected chi connectivity index (χ0v) is 10.8. The summed E-state index contributed by atoms with van der Waals surface area (Å²) in [5.41, 5.74) is 0.924. The Morgan fingerprint density at radius 3 is 2.67 bits per heavy atom. The largest absolute Gasteiger partial charge is 0.339 e. The molecule has 1 saturated heterocycles. The number of rotatable bonds is 3. The van der Waals surface area contributed by atoms with Crippen molar-refractivity contribution in [2.75, 3.05) is 13.1 Å². The zero-order valence-electron chi connectivity index (χ0n) is 10.1. The van der Waals surface area contributed by atoms with E-state index in [9.17, 15) is 0 Å². The van der Waals surface area contributed by atoms with Gasteiger partial charge in [0.2, 0.25) is 11.7 Å². The lowest BCUT2D eigenvalue weighted by Crippen LogP contribution is -2.44. The van der Waals surface area contributed by atoms with Crippen LogP contribution in [0.5, 0.6) is 0 Å². The van der Waals surface area contributed by atoms with E-state index in [1.807, 2.05) is 24.3 Å². The van der Waals surface area contributed by atoms with Crippen molar-refractivity contribution in [1.82, 2.24) is 15.5 Å². The number of nitrogens with one attached hydrogen (secondary N) is 1. The third-order valence-electron chi connectivity index (χ3n) is 3.45. The molecule has 1 aliphatic heterocycles. The van der Waals surface area contributed by atoms with Crippen LogP contribution in [0, 0.1) is 5.92 Å². The molecule has 5 heteroatoms. The lowest BCUT2D eigenvalue weighted by Gasteiger charge is -2.30. The molecule has 4 nitrogen and oxygen atoms in total. The fraction of sp³-hybridized carbons (Fsp3) is 0.385. The van der Waals surface area contributed by atoms with Crippen molar-refractivity contribution in [2.45, 2.75) is 12.8 Å². The Labute approximate surface area is 110 Å². The van der Waals surface area contributed by atoms with E-state index >= 15 is 0 Å². The highest BCUT2D eigenvalue weighted by atomic mass is 35.5. The molecule has 0 aliphatic carbocycles. The van der Waals surface area contributed by atoms with E-state index in [0.717, 1.165) is 18.7 Å². The minimum atomic E-state index is 0.305. The molecule has 0 radical (unpaired) electrons. The maximum absolute atomic E-state index is 5.85. The Morgan fingerprint density at radius 2 is 2.06 bits per heavy atom. The average Bonchev–Trinajstić information content (AvgIpc) is 2.77. The zero-order chi connectivity index (χ0) is 12.5. The fourth-order valence-electron chi connectivity index (χ4n) is 2.00. The molecule has 2 aromatic rings. The van der Waals surface area contributed by atoms with Crippen LogP contribution in [-0.4, -0.2) is 23.2 Å². The Morgan fingerprint density at radius 1 is 1.33 bits per heavy atom. The van der Waals surface area contributed by atoms with Crippen molar-refractivity contribution in [3.8, 4) is 11.4 Å². The van der Waals surface area contributed by atoms with Crippen LogP contribution in [0.2, 0.25) is 5.02 Å². The molecule has 0 saturated carbocycles. The summed E-state index contributed by atoms with van der Waals surface area (Å²) in [6.45, 7) is 4.18. The van der Waals surface area contributed by atoms with Crippen molar-refractivity contribution < 1.29 is 4.52 Å². The molecule has 1 unspecified atom stereocenters. The molecular formula is C13H14ClN3O. The van der Waals surface area contributed by atoms with Gasteiger partial charge in [-0.3, -0.25) is 0 Å². The second kappa shape index (κ2) is 4.71. The number of aromatic nitrogens is 2. The van der Waals surface area contributed by atoms with E-state index < -0.39 is 0 Å². The molecular weight excluding hydrogens is 250 g/mol. The summed E-state index contributed by atoms with van der Waals surface area (Å²) in [6.07, 6.45) is 0. The highest BCUT2D eigenvalue weighted by molar-refractivity contribution is 6.30. The first-order valence-corrected chi connectivity index (χ1v) is 6.42. The number of nitrogens with zero attached hydrogens (tertiary/aromatic N) is 2. The van der Waals surface area contributed by atoms with E-state index in [0.29, 0.717) is 28.6 Å². The molecule has 3 rings (SSSR count). The molecule has 1 fully saturated rings. The van der Waals surface area contributed by atoms with E-state index in [1.165, 1.54) is 0 Å². The second-order valence-corrected chi connectivity index (χ2v) is 5.11. The van der Waals surface area contributed by atoms with Gasteiger partial charge in [-0.2, -0.15) is 4.98 Å². The number of halogens is 1. The molecule has 1 aromatic heterocycles. The molecule has 0 amide bonds. The topological polar surface area (TPSA) is 51.0 Å². The summed E-state index contributed by atoms with van der Waals surface area (Å²) < 4.78 is 5.35. The summed E-state index contributed by atoms with van der Waals surface area (Å²) in [7, 11) is 0. The smallest absolute Gasteiger partial charge is 0.230 e. The van der Waals surface area contributed by atoms with Crippen LogP contribution in [0.1, 0.15) is 18.7 Å². The quantitative estimate of drug-likeness (QED) is 0.925. The van der Waals surface area contributed by atoms with Crippen molar-refractivity contribution in [1.29, 1.82) is 0 Å². The van der Waals surface area contributed by atoms with Crippen LogP contribution < -0.4 is 5.32 Å². The third-order valence-corrected chi connectivity index (χ3v) is 3.71. The van der Waals surface area contributed by atoms with Crippen LogP contribution in [-0.2, 0) is 0 Å². The number of hydrogen-bond donors (Lipinski definition) is 1. The second-order valence-electron chi connectivity index (χ2n) is 4.67. The van der Waals surface area contributed by atoms with Crippen molar-refractivity contribution >= 4 is 11.6 Å². The predicted octanol–water partition coefficient (Wildman–Crippen LogP) is 2.71. The lowest BCUT2D eigenvalue weighted by molar-refractivity contribution is 0.252. The maximum atomic E-state index is 5.85. The van der Waals surface area contributed by atoms with Crippen molar-refractivity contribution in [3.05, 3.63) is 35.2 Å². The Kier molecular flexibility index (Phi) is 3.06. The van der Waals surface area contributed by atoms with Crippen LogP contribution in [0.3, 0.4) is 0 Å². The van der Waals surface area contributed by atoms with Crippen LogP contribution in [0.15, 0.2) is 28.8 Å². The van der Waals surface area contributed by atoms with E-state index in [2.05, 4.69) is 22.4 Å². The van der Waals surface area contributed by atoms with Crippen molar-refractivity contribution in [3.63, 3.8) is 0 Å². The SMILES string of the molecule is CC(c1nc(-c2ccc(Cl)cc2)no1)C1CNC1. The van der Waals surface area contributed by atoms with Crippen LogP contribution in [0.4, 0.5) is 0 Å². The van der Waals surface area contributed by atoms with Gasteiger partial charge in [0, 0.05) is 16.5 Å². The maximum Gasteiger partial charge on any atom is 0.230 e. The van der Waals surface area contributed by atoms with Gasteiger partial charge in [-0.25, -0.2) is 0 Å². The Hall–Kier alpha value is -1.39. The molecule has 0 spiro atoms. The molecule has 0 bridgehead atoms. The third kappa shape index (κ3) is 2.13. The normalized spacial score (nSPS) is 17.4. The van der Waals surface area contributed by atoms with Gasteiger partial charge in [0.1, 0.15) is 0 Å². The summed E-state index contributed by atoms with van der Waals surface area (Å²) in [6, 6.07) is 7.44. The Bertz CT molecular complexity index is 533. The lowest BCUT2D eigenvalue weighted by atomic mass is 9.89. The number of benzene rings is 1. The van der Waals surface area contributed by atoms with Gasteiger partial charge >= 0.3 is 0 Å². The number of hydrogen-bond acceptors (Lipinski definition) is 4.